The minimum Gasteiger partial charge on any atom is -0.0527 e. The van der Waals surface area contributed by atoms with Crippen LogP contribution < -0.4 is 0 Å². The Morgan fingerprint density at radius 1 is 1.22 bits per heavy atom. The Kier molecular flexibility index (Phi) is 1.48. The maximum absolute atomic E-state index is 2.49. The van der Waals surface area contributed by atoms with Crippen LogP contribution in [0.3, 0.4) is 0 Å². The molecule has 2 radical (unpaired) electrons. The average Bonchev–Trinajstić information content (AvgIpc) is 2.33. The van der Waals surface area contributed by atoms with Crippen molar-refractivity contribution in [2.75, 3.05) is 0 Å². The Hall–Kier alpha value is 0. The van der Waals surface area contributed by atoms with Gasteiger partial charge < -0.3 is 0 Å². The second-order valence-electron chi connectivity index (χ2n) is 3.30. The molecule has 1 atom stereocenters. The molecule has 0 spiro atoms. The largest absolute Gasteiger partial charge is 0.0527 e. The predicted molar refractivity (Wildman–Crippen MR) is 38.7 cm³/mol. The van der Waals surface area contributed by atoms with E-state index in [4.69, 9.17) is 0 Å². The third-order valence-corrected chi connectivity index (χ3v) is 2.71. The molecule has 2 saturated carbocycles. The molecule has 2 rings (SSSR count). The molecular formula is C9H14. The molecule has 0 saturated heterocycles. The second-order valence-corrected chi connectivity index (χ2v) is 3.30. The smallest absolute Gasteiger partial charge is 0.0176 e. The summed E-state index contributed by atoms with van der Waals surface area (Å²) in [6.45, 7) is 0. The molecule has 2 aliphatic rings. The van der Waals surface area contributed by atoms with Crippen molar-refractivity contribution in [2.45, 2.75) is 38.5 Å². The summed E-state index contributed by atoms with van der Waals surface area (Å²) in [5.74, 6) is 2.82. The van der Waals surface area contributed by atoms with E-state index in [1.807, 2.05) is 0 Å². The Bertz CT molecular complexity index is 84.2. The van der Waals surface area contributed by atoms with E-state index in [9.17, 15) is 0 Å². The molecule has 0 aromatic heterocycles. The molecule has 0 heteroatoms. The highest BCUT2D eigenvalue weighted by Gasteiger charge is 2.29. The summed E-state index contributed by atoms with van der Waals surface area (Å²) in [5, 5.41) is 0. The number of rotatable bonds is 0. The summed E-state index contributed by atoms with van der Waals surface area (Å²) >= 11 is 0. The summed E-state index contributed by atoms with van der Waals surface area (Å²) in [6, 6.07) is 0. The summed E-state index contributed by atoms with van der Waals surface area (Å²) in [4.78, 5) is 0. The first-order chi connectivity index (χ1) is 4.47. The van der Waals surface area contributed by atoms with Gasteiger partial charge in [-0.2, -0.15) is 0 Å². The van der Waals surface area contributed by atoms with Gasteiger partial charge in [0, 0.05) is 0 Å². The zero-order chi connectivity index (χ0) is 6.10. The lowest BCUT2D eigenvalue weighted by molar-refractivity contribution is 0.469. The Balaban J connectivity index is 1.97. The lowest BCUT2D eigenvalue weighted by atomic mass is 9.82. The van der Waals surface area contributed by atoms with Crippen molar-refractivity contribution < 1.29 is 0 Å². The average molecular weight is 122 g/mol. The monoisotopic (exact) mass is 122 g/mol. The fraction of sp³-hybridized carbons (Fsp3) is 0.778. The van der Waals surface area contributed by atoms with Crippen LogP contribution in [-0.4, -0.2) is 0 Å². The Labute approximate surface area is 57.6 Å². The molecule has 2 aliphatic carbocycles. The normalized spacial score (nSPS) is 36.7. The van der Waals surface area contributed by atoms with Crippen LogP contribution in [0.1, 0.15) is 38.5 Å². The van der Waals surface area contributed by atoms with E-state index in [1.54, 1.807) is 5.92 Å². The predicted octanol–water partition coefficient (Wildman–Crippen LogP) is 2.75. The van der Waals surface area contributed by atoms with Crippen molar-refractivity contribution >= 4 is 0 Å². The minimum atomic E-state index is 1.03. The van der Waals surface area contributed by atoms with Crippen molar-refractivity contribution in [1.82, 2.24) is 0 Å². The van der Waals surface area contributed by atoms with Gasteiger partial charge in [-0.25, -0.2) is 0 Å². The van der Waals surface area contributed by atoms with Crippen LogP contribution in [0.25, 0.3) is 0 Å². The zero-order valence-corrected chi connectivity index (χ0v) is 5.90. The minimum absolute atomic E-state index is 1.03. The highest BCUT2D eigenvalue weighted by atomic mass is 14.3. The number of fused-ring (bicyclic) bond motifs is 1. The van der Waals surface area contributed by atoms with Crippen molar-refractivity contribution in [1.29, 1.82) is 0 Å². The van der Waals surface area contributed by atoms with Crippen molar-refractivity contribution in [3.8, 4) is 0 Å². The molecule has 0 aliphatic heterocycles. The molecule has 0 aromatic rings. The van der Waals surface area contributed by atoms with E-state index < -0.39 is 0 Å². The van der Waals surface area contributed by atoms with Crippen molar-refractivity contribution in [3.05, 3.63) is 12.3 Å². The zero-order valence-electron chi connectivity index (χ0n) is 5.90. The lowest BCUT2D eigenvalue weighted by Crippen LogP contribution is -2.11. The van der Waals surface area contributed by atoms with E-state index in [0.29, 0.717) is 0 Å². The van der Waals surface area contributed by atoms with E-state index in [1.165, 1.54) is 38.5 Å². The molecule has 9 heavy (non-hydrogen) atoms. The quantitative estimate of drug-likeness (QED) is 0.463. The molecule has 2 fully saturated rings. The Morgan fingerprint density at radius 3 is 3.00 bits per heavy atom. The molecule has 0 amide bonds. The van der Waals surface area contributed by atoms with Gasteiger partial charge in [0.2, 0.25) is 0 Å². The SMILES string of the molecule is [CH]1CCCC2CCC[C]12. The van der Waals surface area contributed by atoms with Crippen LogP contribution in [0.4, 0.5) is 0 Å². The standard InChI is InChI=1S/C9H14/c1-2-5-9-7-3-6-8(9)4-1/h4,9H,1-3,5-7H2. The summed E-state index contributed by atoms with van der Waals surface area (Å²) in [5.41, 5.74) is 0. The van der Waals surface area contributed by atoms with Gasteiger partial charge in [0.1, 0.15) is 0 Å². The first-order valence-corrected chi connectivity index (χ1v) is 4.16. The van der Waals surface area contributed by atoms with Crippen LogP contribution in [0.2, 0.25) is 0 Å². The summed E-state index contributed by atoms with van der Waals surface area (Å²) in [6.07, 6.45) is 11.2. The van der Waals surface area contributed by atoms with E-state index in [-0.39, 0.29) is 0 Å². The van der Waals surface area contributed by atoms with E-state index in [2.05, 4.69) is 6.42 Å². The third kappa shape index (κ3) is 0.997. The van der Waals surface area contributed by atoms with Gasteiger partial charge in [0.05, 0.1) is 0 Å². The van der Waals surface area contributed by atoms with Gasteiger partial charge >= 0.3 is 0 Å². The van der Waals surface area contributed by atoms with Crippen molar-refractivity contribution in [2.24, 2.45) is 5.92 Å². The third-order valence-electron chi connectivity index (χ3n) is 2.71. The molecule has 50 valence electrons. The highest BCUT2D eigenvalue weighted by Crippen LogP contribution is 2.42. The number of hydrogen-bond acceptors (Lipinski definition) is 0. The second kappa shape index (κ2) is 2.32. The van der Waals surface area contributed by atoms with Crippen molar-refractivity contribution in [3.63, 3.8) is 0 Å². The lowest BCUT2D eigenvalue weighted by Gasteiger charge is -2.23. The van der Waals surface area contributed by atoms with Gasteiger partial charge in [-0.3, -0.25) is 0 Å². The Morgan fingerprint density at radius 2 is 2.11 bits per heavy atom. The molecule has 0 heterocycles. The molecule has 0 bridgehead atoms. The van der Waals surface area contributed by atoms with Gasteiger partial charge in [-0.1, -0.05) is 12.8 Å². The molecule has 0 nitrogen and oxygen atoms in total. The van der Waals surface area contributed by atoms with Crippen LogP contribution in [0.5, 0.6) is 0 Å². The van der Waals surface area contributed by atoms with Crippen LogP contribution in [-0.2, 0) is 0 Å². The molecule has 1 unspecified atom stereocenters. The van der Waals surface area contributed by atoms with Gasteiger partial charge in [0.25, 0.3) is 0 Å². The van der Waals surface area contributed by atoms with Gasteiger partial charge in [-0.15, -0.1) is 0 Å². The first kappa shape index (κ1) is 5.76. The maximum Gasteiger partial charge on any atom is -0.0176 e. The van der Waals surface area contributed by atoms with E-state index >= 15 is 0 Å². The van der Waals surface area contributed by atoms with Crippen LogP contribution >= 0.6 is 0 Å². The van der Waals surface area contributed by atoms with E-state index in [0.717, 1.165) is 5.92 Å². The first-order valence-electron chi connectivity index (χ1n) is 4.16. The number of hydrogen-bond donors (Lipinski definition) is 0. The molecule has 0 N–H and O–H groups in total. The van der Waals surface area contributed by atoms with Crippen LogP contribution in [0.15, 0.2) is 0 Å². The van der Waals surface area contributed by atoms with Gasteiger partial charge in [-0.05, 0) is 43.9 Å². The molecular weight excluding hydrogens is 108 g/mol. The van der Waals surface area contributed by atoms with Crippen LogP contribution in [0, 0.1) is 18.3 Å². The fourth-order valence-electron chi connectivity index (χ4n) is 2.19. The summed E-state index contributed by atoms with van der Waals surface area (Å²) < 4.78 is 0. The topological polar surface area (TPSA) is 0 Å². The fourth-order valence-corrected chi connectivity index (χ4v) is 2.19. The molecule has 0 aromatic carbocycles. The van der Waals surface area contributed by atoms with Gasteiger partial charge in [0.15, 0.2) is 0 Å². The maximum atomic E-state index is 2.49. The highest BCUT2D eigenvalue weighted by molar-refractivity contribution is 5.13. The summed E-state index contributed by atoms with van der Waals surface area (Å²) in [7, 11) is 0.